The van der Waals surface area contributed by atoms with Gasteiger partial charge in [-0.3, -0.25) is 18.8 Å². The Bertz CT molecular complexity index is 1550. The van der Waals surface area contributed by atoms with Gasteiger partial charge in [-0.05, 0) is 30.3 Å². The van der Waals surface area contributed by atoms with Crippen molar-refractivity contribution in [3.63, 3.8) is 0 Å². The Morgan fingerprint density at radius 1 is 0.800 bits per heavy atom. The number of alkyl halides is 1. The predicted molar refractivity (Wildman–Crippen MR) is 144 cm³/mol. The molecule has 9 N–H and O–H groups in total. The van der Waals surface area contributed by atoms with E-state index in [0.717, 1.165) is 0 Å². The quantitative estimate of drug-likeness (QED) is 0.103. The largest absolute Gasteiger partial charge is 0.871 e. The number of benzene rings is 3. The van der Waals surface area contributed by atoms with E-state index < -0.39 is 35.6 Å². The van der Waals surface area contributed by atoms with Gasteiger partial charge < -0.3 is 47.0 Å². The standard InChI is InChI=1S/C16H14N2O4.C6H7NO.C4H2O4.CH3F/c19-11-7-3-1-5-9(11)17-13-15(21)14(16(13)22)18-10-6-2-4-8-12(10)20;7-5-3-1-2-4-6(5)8;5-1-2(6)4(8)3(1)7;1-2/h1-8,13,17-21H;1-4,8H,7H2;5-6H;1H3/p-1/i;;;1D. The number of hydrogen-bond acceptors (Lipinski definition) is 12. The molecular weight excluding hydrogens is 529 g/mol. The summed E-state index contributed by atoms with van der Waals surface area (Å²) in [6, 6.07) is 18.3. The van der Waals surface area contributed by atoms with E-state index in [-0.39, 0.29) is 40.2 Å². The first-order valence-corrected chi connectivity index (χ1v) is 11.1. The number of phenols is 2. The SMILES string of the molecule is Nc1ccccc1O.O=C1C(Nc2ccccc2[O-])=C(O)C1Nc1ccccc1O.O=c1c(O)c(O)c1=O.[2H]CF. The van der Waals surface area contributed by atoms with Gasteiger partial charge in [-0.15, -0.1) is 0 Å². The molecule has 12 nitrogen and oxygen atoms in total. The first kappa shape index (κ1) is 28.8. The van der Waals surface area contributed by atoms with Gasteiger partial charge in [0.1, 0.15) is 23.0 Å². The first-order valence-electron chi connectivity index (χ1n) is 11.8. The van der Waals surface area contributed by atoms with Gasteiger partial charge in [-0.1, -0.05) is 48.2 Å². The number of Topliss-reactive ketones (excluding diaryl/α,β-unsaturated/α-hetero) is 1. The molecule has 0 fully saturated rings. The Kier molecular flexibility index (Phi) is 9.89. The fourth-order valence-electron chi connectivity index (χ4n) is 3.03. The Morgan fingerprint density at radius 2 is 1.27 bits per heavy atom. The summed E-state index contributed by atoms with van der Waals surface area (Å²) in [5.74, 6) is -2.37. The second kappa shape index (κ2) is 13.7. The maximum atomic E-state index is 12.1. The van der Waals surface area contributed by atoms with Crippen LogP contribution in [-0.4, -0.2) is 44.5 Å². The monoisotopic (exact) mass is 555 g/mol. The molecule has 4 aromatic rings. The lowest BCUT2D eigenvalue weighted by Gasteiger charge is -2.30. The van der Waals surface area contributed by atoms with Crippen LogP contribution in [0.4, 0.5) is 21.5 Å². The normalized spacial score (nSPS) is 13.7. The fourth-order valence-corrected chi connectivity index (χ4v) is 3.03. The van der Waals surface area contributed by atoms with E-state index in [9.17, 15) is 34.1 Å². The van der Waals surface area contributed by atoms with E-state index in [4.69, 9.17) is 22.4 Å². The number of nitrogen functional groups attached to an aromatic ring is 1. The van der Waals surface area contributed by atoms with Crippen LogP contribution in [0.25, 0.3) is 0 Å². The van der Waals surface area contributed by atoms with Gasteiger partial charge >= 0.3 is 0 Å². The van der Waals surface area contributed by atoms with E-state index in [1.54, 1.807) is 54.6 Å². The van der Waals surface area contributed by atoms with Crippen LogP contribution in [0.15, 0.2) is 93.8 Å². The summed E-state index contributed by atoms with van der Waals surface area (Å²) in [6.45, 7) is 0. The number of aromatic hydroxyl groups is 4. The molecule has 13 heteroatoms. The molecule has 1 unspecified atom stereocenters. The highest BCUT2D eigenvalue weighted by molar-refractivity contribution is 6.12. The molecule has 0 heterocycles. The van der Waals surface area contributed by atoms with Crippen LogP contribution in [0, 0.1) is 0 Å². The summed E-state index contributed by atoms with van der Waals surface area (Å²) in [4.78, 5) is 32.0. The Morgan fingerprint density at radius 3 is 1.70 bits per heavy atom. The summed E-state index contributed by atoms with van der Waals surface area (Å²) in [7, 11) is -1.00. The van der Waals surface area contributed by atoms with Crippen LogP contribution in [-0.2, 0) is 4.79 Å². The molecular formula is C27H25FN3O9-. The molecule has 40 heavy (non-hydrogen) atoms. The van der Waals surface area contributed by atoms with Crippen molar-refractivity contribution in [2.45, 2.75) is 6.04 Å². The molecule has 5 rings (SSSR count). The van der Waals surface area contributed by atoms with Crippen LogP contribution >= 0.6 is 0 Å². The second-order valence-corrected chi connectivity index (χ2v) is 7.75. The van der Waals surface area contributed by atoms with Crippen molar-refractivity contribution < 1.29 is 41.2 Å². The molecule has 0 radical (unpaired) electrons. The molecule has 0 bridgehead atoms. The van der Waals surface area contributed by atoms with Crippen LogP contribution in [0.5, 0.6) is 28.7 Å². The molecule has 0 spiro atoms. The van der Waals surface area contributed by atoms with Crippen molar-refractivity contribution in [3.05, 3.63) is 105 Å². The van der Waals surface area contributed by atoms with E-state index in [1.807, 2.05) is 0 Å². The number of carbonyl (C=O) groups excluding carboxylic acids is 1. The van der Waals surface area contributed by atoms with Crippen molar-refractivity contribution in [2.24, 2.45) is 0 Å². The lowest BCUT2D eigenvalue weighted by Crippen LogP contribution is -2.45. The zero-order valence-corrected chi connectivity index (χ0v) is 20.5. The Labute approximate surface area is 227 Å². The molecule has 210 valence electrons. The zero-order chi connectivity index (χ0) is 30.7. The number of nitrogens with two attached hydrogens (primary N) is 1. The third kappa shape index (κ3) is 6.98. The number of rotatable bonds is 4. The number of ketones is 1. The van der Waals surface area contributed by atoms with E-state index in [0.29, 0.717) is 11.4 Å². The van der Waals surface area contributed by atoms with E-state index in [2.05, 4.69) is 10.6 Å². The molecule has 0 amide bonds. The minimum Gasteiger partial charge on any atom is -0.871 e. The van der Waals surface area contributed by atoms with Crippen molar-refractivity contribution >= 4 is 22.8 Å². The van der Waals surface area contributed by atoms with Crippen molar-refractivity contribution in [1.29, 1.82) is 0 Å². The Balaban J connectivity index is 0.000000252. The zero-order valence-electron chi connectivity index (χ0n) is 21.5. The fraction of sp³-hybridized carbons (Fsp3) is 0.0741. The number of phenolic OH excluding ortho intramolecular Hbond substituents is 2. The topological polar surface area (TPSA) is 225 Å². The number of aliphatic hydroxyl groups excluding tert-OH is 1. The molecule has 0 saturated heterocycles. The number of anilines is 3. The average molecular weight is 556 g/mol. The highest BCUT2D eigenvalue weighted by Crippen LogP contribution is 2.32. The predicted octanol–water partition coefficient (Wildman–Crippen LogP) is 1.96. The summed E-state index contributed by atoms with van der Waals surface area (Å²) in [5.41, 5.74) is 4.22. The van der Waals surface area contributed by atoms with Crippen molar-refractivity contribution in [1.82, 2.24) is 0 Å². The van der Waals surface area contributed by atoms with Gasteiger partial charge in [-0.2, -0.15) is 0 Å². The summed E-state index contributed by atoms with van der Waals surface area (Å²) < 4.78 is 15.5. The van der Waals surface area contributed by atoms with Crippen LogP contribution in [0.2, 0.25) is 0 Å². The molecule has 0 saturated carbocycles. The number of hydrogen-bond donors (Lipinski definition) is 8. The van der Waals surface area contributed by atoms with Crippen molar-refractivity contribution in [2.75, 3.05) is 23.5 Å². The molecule has 1 atom stereocenters. The minimum absolute atomic E-state index is 0.0174. The van der Waals surface area contributed by atoms with Crippen LogP contribution < -0.4 is 32.3 Å². The molecule has 1 aliphatic rings. The van der Waals surface area contributed by atoms with Gasteiger partial charge in [0.2, 0.25) is 17.3 Å². The number of carbonyl (C=O) groups is 1. The van der Waals surface area contributed by atoms with E-state index in [1.165, 1.54) is 18.2 Å². The van der Waals surface area contributed by atoms with Gasteiger partial charge in [0.15, 0.2) is 6.04 Å². The number of nitrogens with one attached hydrogen (secondary N) is 2. The van der Waals surface area contributed by atoms with Gasteiger partial charge in [0, 0.05) is 5.69 Å². The summed E-state index contributed by atoms with van der Waals surface area (Å²) >= 11 is 0. The lowest BCUT2D eigenvalue weighted by atomic mass is 9.93. The maximum absolute atomic E-state index is 12.1. The lowest BCUT2D eigenvalue weighted by molar-refractivity contribution is -0.267. The minimum atomic E-state index is -1.01. The molecule has 0 aliphatic heterocycles. The summed E-state index contributed by atoms with van der Waals surface area (Å²) in [6.07, 6.45) is 0. The van der Waals surface area contributed by atoms with E-state index >= 15 is 0 Å². The molecule has 1 aliphatic carbocycles. The van der Waals surface area contributed by atoms with Crippen molar-refractivity contribution in [3.8, 4) is 28.7 Å². The van der Waals surface area contributed by atoms with Gasteiger partial charge in [0.25, 0.3) is 10.9 Å². The highest BCUT2D eigenvalue weighted by atomic mass is 19.1. The van der Waals surface area contributed by atoms with Crippen LogP contribution in [0.1, 0.15) is 1.37 Å². The first-order chi connectivity index (χ1) is 19.4. The number of halogens is 1. The highest BCUT2D eigenvalue weighted by Gasteiger charge is 2.40. The van der Waals surface area contributed by atoms with Gasteiger partial charge in [0.05, 0.1) is 19.9 Å². The number of aliphatic hydroxyl groups is 1. The van der Waals surface area contributed by atoms with Gasteiger partial charge in [-0.25, -0.2) is 0 Å². The third-order valence-corrected chi connectivity index (χ3v) is 5.19. The average Bonchev–Trinajstić information content (AvgIpc) is 2.97. The smallest absolute Gasteiger partial charge is 0.275 e. The maximum Gasteiger partial charge on any atom is 0.275 e. The Hall–Kier alpha value is -5.72. The summed E-state index contributed by atoms with van der Waals surface area (Å²) in [5, 5.41) is 61.9. The second-order valence-electron chi connectivity index (χ2n) is 7.75. The third-order valence-electron chi connectivity index (χ3n) is 5.19. The van der Waals surface area contributed by atoms with Crippen LogP contribution in [0.3, 0.4) is 0 Å². The number of para-hydroxylation sites is 6. The molecule has 0 aromatic heterocycles. The molecule has 4 aromatic carbocycles.